The minimum Gasteiger partial charge on any atom is -0.428 e. The van der Waals surface area contributed by atoms with Crippen LogP contribution < -0.4 is 0 Å². The Morgan fingerprint density at radius 1 is 1.33 bits per heavy atom. The van der Waals surface area contributed by atoms with Gasteiger partial charge < -0.3 is 4.43 Å². The molecule has 0 aromatic carbocycles. The first-order valence-electron chi connectivity index (χ1n) is 3.76. The number of hydrogen-bond acceptors (Lipinski definition) is 1. The van der Waals surface area contributed by atoms with E-state index in [0.717, 1.165) is 23.0 Å². The fourth-order valence-corrected chi connectivity index (χ4v) is 1.09. The fourth-order valence-electron chi connectivity index (χ4n) is 0.799. The molecule has 0 aromatic rings. The third kappa shape index (κ3) is 8.18. The molecule has 0 saturated heterocycles. The molecular formula is C7H18OSi. The minimum absolute atomic E-state index is 0.860. The highest BCUT2D eigenvalue weighted by Gasteiger charge is 1.91. The molecule has 0 aromatic heterocycles. The molecule has 0 aliphatic carbocycles. The van der Waals surface area contributed by atoms with E-state index in [1.54, 1.807) is 0 Å². The van der Waals surface area contributed by atoms with Crippen LogP contribution in [0.5, 0.6) is 0 Å². The smallest absolute Gasteiger partial charge is 0.145 e. The first kappa shape index (κ1) is 9.18. The van der Waals surface area contributed by atoms with Crippen molar-refractivity contribution in [1.29, 1.82) is 0 Å². The van der Waals surface area contributed by atoms with Gasteiger partial charge in [0.2, 0.25) is 0 Å². The Hall–Kier alpha value is 0.177. The van der Waals surface area contributed by atoms with E-state index in [0.29, 0.717) is 0 Å². The Bertz CT molecular complexity index is 54.9. The maximum atomic E-state index is 5.06. The topological polar surface area (TPSA) is 9.23 Å². The van der Waals surface area contributed by atoms with Crippen molar-refractivity contribution in [2.75, 3.05) is 6.61 Å². The average Bonchev–Trinajstić information content (AvgIpc) is 1.80. The van der Waals surface area contributed by atoms with Crippen molar-refractivity contribution in [3.63, 3.8) is 0 Å². The summed E-state index contributed by atoms with van der Waals surface area (Å²) in [5.41, 5.74) is 0. The second-order valence-corrected chi connectivity index (χ2v) is 3.46. The lowest BCUT2D eigenvalue weighted by atomic mass is 10.1. The molecular weight excluding hydrogens is 128 g/mol. The van der Waals surface area contributed by atoms with Gasteiger partial charge in [0.05, 0.1) is 0 Å². The molecule has 0 aliphatic heterocycles. The van der Waals surface area contributed by atoms with E-state index < -0.39 is 0 Å². The molecule has 0 unspecified atom stereocenters. The lowest BCUT2D eigenvalue weighted by Gasteiger charge is -2.02. The van der Waals surface area contributed by atoms with Gasteiger partial charge in [0.25, 0.3) is 0 Å². The van der Waals surface area contributed by atoms with Gasteiger partial charge in [-0.3, -0.25) is 0 Å². The number of hydrogen-bond donors (Lipinski definition) is 0. The van der Waals surface area contributed by atoms with E-state index in [4.69, 9.17) is 4.43 Å². The third-order valence-electron chi connectivity index (χ3n) is 1.38. The molecule has 9 heavy (non-hydrogen) atoms. The van der Waals surface area contributed by atoms with Crippen LogP contribution in [0.3, 0.4) is 0 Å². The number of unbranched alkanes of at least 4 members (excludes halogenated alkanes) is 1. The monoisotopic (exact) mass is 146 g/mol. The van der Waals surface area contributed by atoms with Crippen molar-refractivity contribution in [3.05, 3.63) is 0 Å². The van der Waals surface area contributed by atoms with Gasteiger partial charge in [0.15, 0.2) is 0 Å². The Balaban J connectivity index is 2.75. The molecule has 0 spiro atoms. The van der Waals surface area contributed by atoms with Gasteiger partial charge in [-0.1, -0.05) is 26.7 Å². The molecule has 2 heteroatoms. The Labute approximate surface area is 61.3 Å². The summed E-state index contributed by atoms with van der Waals surface area (Å²) in [6.07, 6.45) is 3.94. The predicted molar refractivity (Wildman–Crippen MR) is 44.6 cm³/mol. The van der Waals surface area contributed by atoms with Gasteiger partial charge in [-0.2, -0.15) is 0 Å². The van der Waals surface area contributed by atoms with Crippen LogP contribution in [0.2, 0.25) is 0 Å². The SMILES string of the molecule is CC(C)CCCCO[SiH3]. The molecule has 0 saturated carbocycles. The minimum atomic E-state index is 0.860. The summed E-state index contributed by atoms with van der Waals surface area (Å²) in [7, 11) is 0.902. The normalized spacial score (nSPS) is 11.0. The standard InChI is InChI=1S/C7H18OSi/c1-7(2)5-3-4-6-8-9/h7H,3-6H2,1-2,9H3. The van der Waals surface area contributed by atoms with Crippen LogP contribution in [-0.4, -0.2) is 17.1 Å². The summed E-state index contributed by atoms with van der Waals surface area (Å²) in [6.45, 7) is 5.52. The van der Waals surface area contributed by atoms with E-state index in [9.17, 15) is 0 Å². The van der Waals surface area contributed by atoms with Gasteiger partial charge in [0, 0.05) is 6.61 Å². The lowest BCUT2D eigenvalue weighted by molar-refractivity contribution is 0.329. The fraction of sp³-hybridized carbons (Fsp3) is 1.00. The van der Waals surface area contributed by atoms with Gasteiger partial charge in [-0.15, -0.1) is 0 Å². The van der Waals surface area contributed by atoms with Crippen molar-refractivity contribution in [2.45, 2.75) is 33.1 Å². The zero-order valence-electron chi connectivity index (χ0n) is 6.81. The molecule has 1 nitrogen and oxygen atoms in total. The summed E-state index contributed by atoms with van der Waals surface area (Å²) in [6, 6.07) is 0. The van der Waals surface area contributed by atoms with E-state index in [1.165, 1.54) is 19.3 Å². The summed E-state index contributed by atoms with van der Waals surface area (Å²) in [5, 5.41) is 0. The largest absolute Gasteiger partial charge is 0.428 e. The van der Waals surface area contributed by atoms with Crippen molar-refractivity contribution in [3.8, 4) is 0 Å². The van der Waals surface area contributed by atoms with Gasteiger partial charge in [-0.05, 0) is 12.3 Å². The number of rotatable bonds is 5. The quantitative estimate of drug-likeness (QED) is 0.417. The van der Waals surface area contributed by atoms with Crippen LogP contribution in [0.1, 0.15) is 33.1 Å². The molecule has 0 N–H and O–H groups in total. The van der Waals surface area contributed by atoms with Crippen molar-refractivity contribution in [1.82, 2.24) is 0 Å². The Kier molecular flexibility index (Phi) is 6.42. The van der Waals surface area contributed by atoms with Crippen LogP contribution in [0.15, 0.2) is 0 Å². The molecule has 0 aliphatic rings. The highest BCUT2D eigenvalue weighted by atomic mass is 28.2. The summed E-state index contributed by atoms with van der Waals surface area (Å²) < 4.78 is 5.06. The van der Waals surface area contributed by atoms with Crippen LogP contribution in [0, 0.1) is 5.92 Å². The Morgan fingerprint density at radius 3 is 2.44 bits per heavy atom. The lowest BCUT2D eigenvalue weighted by Crippen LogP contribution is -1.92. The molecule has 0 atom stereocenters. The van der Waals surface area contributed by atoms with Crippen LogP contribution in [0.4, 0.5) is 0 Å². The second-order valence-electron chi connectivity index (χ2n) is 2.88. The molecule has 0 amide bonds. The Morgan fingerprint density at radius 2 is 2.00 bits per heavy atom. The molecule has 0 bridgehead atoms. The van der Waals surface area contributed by atoms with E-state index >= 15 is 0 Å². The van der Waals surface area contributed by atoms with E-state index in [-0.39, 0.29) is 0 Å². The highest BCUT2D eigenvalue weighted by molar-refractivity contribution is 5.97. The maximum absolute atomic E-state index is 5.06. The second kappa shape index (κ2) is 6.30. The van der Waals surface area contributed by atoms with Crippen molar-refractivity contribution in [2.24, 2.45) is 5.92 Å². The van der Waals surface area contributed by atoms with Crippen LogP contribution >= 0.6 is 0 Å². The molecule has 0 radical (unpaired) electrons. The van der Waals surface area contributed by atoms with E-state index in [2.05, 4.69) is 13.8 Å². The van der Waals surface area contributed by atoms with Crippen molar-refractivity contribution >= 4 is 10.5 Å². The summed E-state index contributed by atoms with van der Waals surface area (Å²) in [5.74, 6) is 0.860. The third-order valence-corrected chi connectivity index (χ3v) is 1.79. The summed E-state index contributed by atoms with van der Waals surface area (Å²) in [4.78, 5) is 0. The van der Waals surface area contributed by atoms with Crippen LogP contribution in [-0.2, 0) is 4.43 Å². The van der Waals surface area contributed by atoms with E-state index in [1.807, 2.05) is 0 Å². The van der Waals surface area contributed by atoms with Gasteiger partial charge in [-0.25, -0.2) is 0 Å². The first-order chi connectivity index (χ1) is 4.27. The zero-order chi connectivity index (χ0) is 7.11. The van der Waals surface area contributed by atoms with Gasteiger partial charge in [0.1, 0.15) is 10.5 Å². The average molecular weight is 146 g/mol. The molecule has 0 rings (SSSR count). The maximum Gasteiger partial charge on any atom is 0.145 e. The van der Waals surface area contributed by atoms with Gasteiger partial charge >= 0.3 is 0 Å². The summed E-state index contributed by atoms with van der Waals surface area (Å²) >= 11 is 0. The van der Waals surface area contributed by atoms with Crippen molar-refractivity contribution < 1.29 is 4.43 Å². The predicted octanol–water partition coefficient (Wildman–Crippen LogP) is 1.11. The molecule has 56 valence electrons. The molecule has 0 fully saturated rings. The first-order valence-corrected chi connectivity index (χ1v) is 4.58. The molecule has 0 heterocycles. The highest BCUT2D eigenvalue weighted by Crippen LogP contribution is 2.05. The van der Waals surface area contributed by atoms with Crippen LogP contribution in [0.25, 0.3) is 0 Å². The zero-order valence-corrected chi connectivity index (χ0v) is 8.81.